The van der Waals surface area contributed by atoms with E-state index < -0.39 is 23.6 Å². The van der Waals surface area contributed by atoms with Crippen molar-refractivity contribution >= 4 is 6.03 Å². The number of urea groups is 1. The normalized spacial score (nSPS) is 22.2. The molecular formula is C12H17F3N4O4. The molecule has 0 spiro atoms. The van der Waals surface area contributed by atoms with E-state index in [1.54, 1.807) is 0 Å². The minimum Gasteiger partial charge on any atom is -0.382 e. The number of nitrogens with zero attached hydrogens (tertiary/aromatic N) is 3. The molecule has 0 radical (unpaired) electrons. The third kappa shape index (κ3) is 4.55. The van der Waals surface area contributed by atoms with Crippen molar-refractivity contribution in [3.8, 4) is 0 Å². The van der Waals surface area contributed by atoms with Gasteiger partial charge in [0.2, 0.25) is 5.89 Å². The molecule has 2 rings (SSSR count). The van der Waals surface area contributed by atoms with E-state index in [9.17, 15) is 18.0 Å². The molecule has 0 aromatic carbocycles. The van der Waals surface area contributed by atoms with E-state index in [1.807, 2.05) is 6.92 Å². The standard InChI is InChI=1S/C12H17F3N4O4/c1-11(7-21-2)6-19(3-4-22-11)10(20)16-5-8-17-9(18-23-8)12(13,14)15/h3-7H2,1-2H3,(H,16,20)/t11-/m1/s1. The number of methoxy groups -OCH3 is 1. The van der Waals surface area contributed by atoms with Crippen LogP contribution in [0.25, 0.3) is 0 Å². The molecule has 0 aliphatic carbocycles. The highest BCUT2D eigenvalue weighted by Crippen LogP contribution is 2.26. The van der Waals surface area contributed by atoms with Crippen molar-refractivity contribution in [2.45, 2.75) is 25.2 Å². The van der Waals surface area contributed by atoms with Crippen LogP contribution in [0.3, 0.4) is 0 Å². The molecule has 1 aliphatic heterocycles. The summed E-state index contributed by atoms with van der Waals surface area (Å²) in [6, 6.07) is -0.456. The van der Waals surface area contributed by atoms with Gasteiger partial charge in [0.25, 0.3) is 5.82 Å². The minimum atomic E-state index is -4.68. The zero-order valence-corrected chi connectivity index (χ0v) is 12.6. The monoisotopic (exact) mass is 338 g/mol. The second-order valence-corrected chi connectivity index (χ2v) is 5.32. The maximum absolute atomic E-state index is 12.3. The van der Waals surface area contributed by atoms with Gasteiger partial charge in [-0.3, -0.25) is 0 Å². The molecule has 1 aliphatic rings. The summed E-state index contributed by atoms with van der Waals surface area (Å²) in [5.41, 5.74) is -0.627. The van der Waals surface area contributed by atoms with E-state index in [2.05, 4.69) is 20.0 Å². The quantitative estimate of drug-likeness (QED) is 0.882. The van der Waals surface area contributed by atoms with Crippen LogP contribution in [0.1, 0.15) is 18.6 Å². The first-order chi connectivity index (χ1) is 10.7. The van der Waals surface area contributed by atoms with Crippen LogP contribution in [-0.4, -0.2) is 60.1 Å². The Morgan fingerprint density at radius 3 is 2.87 bits per heavy atom. The second kappa shape index (κ2) is 6.71. The lowest BCUT2D eigenvalue weighted by molar-refractivity contribution is -0.146. The third-order valence-corrected chi connectivity index (χ3v) is 3.19. The third-order valence-electron chi connectivity index (χ3n) is 3.19. The van der Waals surface area contributed by atoms with Crippen LogP contribution < -0.4 is 5.32 Å². The maximum atomic E-state index is 12.3. The number of ether oxygens (including phenoxy) is 2. The summed E-state index contributed by atoms with van der Waals surface area (Å²) >= 11 is 0. The summed E-state index contributed by atoms with van der Waals surface area (Å²) in [5, 5.41) is 5.25. The molecular weight excluding hydrogens is 321 g/mol. The van der Waals surface area contributed by atoms with Gasteiger partial charge in [-0.05, 0) is 6.92 Å². The van der Waals surface area contributed by atoms with Crippen LogP contribution >= 0.6 is 0 Å². The molecule has 130 valence electrons. The zero-order valence-electron chi connectivity index (χ0n) is 12.6. The second-order valence-electron chi connectivity index (χ2n) is 5.32. The molecule has 0 unspecified atom stereocenters. The first-order valence-electron chi connectivity index (χ1n) is 6.79. The Balaban J connectivity index is 1.88. The fourth-order valence-electron chi connectivity index (χ4n) is 2.20. The number of hydrogen-bond donors (Lipinski definition) is 1. The zero-order chi connectivity index (χ0) is 17.1. The van der Waals surface area contributed by atoms with Gasteiger partial charge in [0, 0.05) is 13.7 Å². The highest BCUT2D eigenvalue weighted by molar-refractivity contribution is 5.74. The predicted molar refractivity (Wildman–Crippen MR) is 69.3 cm³/mol. The first-order valence-corrected chi connectivity index (χ1v) is 6.79. The van der Waals surface area contributed by atoms with Crippen molar-refractivity contribution in [1.29, 1.82) is 0 Å². The van der Waals surface area contributed by atoms with E-state index in [0.717, 1.165) is 0 Å². The Morgan fingerprint density at radius 1 is 1.52 bits per heavy atom. The van der Waals surface area contributed by atoms with Crippen molar-refractivity contribution in [2.75, 3.05) is 33.4 Å². The average molecular weight is 338 g/mol. The van der Waals surface area contributed by atoms with E-state index in [4.69, 9.17) is 9.47 Å². The molecule has 0 saturated carbocycles. The van der Waals surface area contributed by atoms with Crippen molar-refractivity contribution in [3.63, 3.8) is 0 Å². The van der Waals surface area contributed by atoms with Crippen LogP contribution in [0.2, 0.25) is 0 Å². The number of amides is 2. The molecule has 1 aromatic heterocycles. The first kappa shape index (κ1) is 17.5. The van der Waals surface area contributed by atoms with E-state index in [1.165, 1.54) is 12.0 Å². The van der Waals surface area contributed by atoms with Crippen molar-refractivity contribution in [2.24, 2.45) is 0 Å². The number of hydrogen-bond acceptors (Lipinski definition) is 6. The highest BCUT2D eigenvalue weighted by atomic mass is 19.4. The van der Waals surface area contributed by atoms with Crippen molar-refractivity contribution in [1.82, 2.24) is 20.4 Å². The van der Waals surface area contributed by atoms with Gasteiger partial charge in [0.15, 0.2) is 0 Å². The van der Waals surface area contributed by atoms with Gasteiger partial charge in [-0.25, -0.2) is 4.79 Å². The number of carbonyl (C=O) groups excluding carboxylic acids is 1. The van der Waals surface area contributed by atoms with Crippen LogP contribution in [0, 0.1) is 0 Å². The highest BCUT2D eigenvalue weighted by Gasteiger charge is 2.37. The van der Waals surface area contributed by atoms with Crippen LogP contribution in [0.5, 0.6) is 0 Å². The average Bonchev–Trinajstić information content (AvgIpc) is 2.93. The summed E-state index contributed by atoms with van der Waals surface area (Å²) in [4.78, 5) is 16.7. The largest absolute Gasteiger partial charge is 0.455 e. The predicted octanol–water partition coefficient (Wildman–Crippen LogP) is 1.04. The molecule has 1 atom stereocenters. The van der Waals surface area contributed by atoms with Gasteiger partial charge in [0.1, 0.15) is 5.60 Å². The van der Waals surface area contributed by atoms with E-state index >= 15 is 0 Å². The van der Waals surface area contributed by atoms with Crippen LogP contribution in [-0.2, 0) is 22.2 Å². The lowest BCUT2D eigenvalue weighted by Gasteiger charge is -2.39. The van der Waals surface area contributed by atoms with Crippen molar-refractivity contribution in [3.05, 3.63) is 11.7 Å². The lowest BCUT2D eigenvalue weighted by Crippen LogP contribution is -2.56. The van der Waals surface area contributed by atoms with Crippen molar-refractivity contribution < 1.29 is 32.0 Å². The number of alkyl halides is 3. The van der Waals surface area contributed by atoms with E-state index in [0.29, 0.717) is 26.3 Å². The number of aromatic nitrogens is 2. The van der Waals surface area contributed by atoms with Crippen LogP contribution in [0.4, 0.5) is 18.0 Å². The summed E-state index contributed by atoms with van der Waals surface area (Å²) in [5.74, 6) is -1.70. The molecule has 1 fully saturated rings. The number of carbonyl (C=O) groups is 1. The maximum Gasteiger partial charge on any atom is 0.455 e. The molecule has 11 heteroatoms. The Hall–Kier alpha value is -1.88. The lowest BCUT2D eigenvalue weighted by atomic mass is 10.1. The number of morpholine rings is 1. The fourth-order valence-corrected chi connectivity index (χ4v) is 2.20. The molecule has 1 N–H and O–H groups in total. The van der Waals surface area contributed by atoms with Gasteiger partial charge in [-0.15, -0.1) is 0 Å². The molecule has 1 aromatic rings. The number of nitrogens with one attached hydrogen (secondary N) is 1. The van der Waals surface area contributed by atoms with Gasteiger partial charge >= 0.3 is 12.2 Å². The topological polar surface area (TPSA) is 89.7 Å². The summed E-state index contributed by atoms with van der Waals surface area (Å²) in [6.07, 6.45) is -4.68. The number of halogens is 3. The van der Waals surface area contributed by atoms with Crippen LogP contribution in [0.15, 0.2) is 4.52 Å². The molecule has 23 heavy (non-hydrogen) atoms. The fraction of sp³-hybridized carbons (Fsp3) is 0.750. The molecule has 1 saturated heterocycles. The van der Waals surface area contributed by atoms with Gasteiger partial charge < -0.3 is 24.2 Å². The summed E-state index contributed by atoms with van der Waals surface area (Å²) < 4.78 is 52.1. The van der Waals surface area contributed by atoms with Gasteiger partial charge in [-0.2, -0.15) is 18.2 Å². The Kier molecular flexibility index (Phi) is 5.09. The molecule has 0 bridgehead atoms. The Bertz CT molecular complexity index is 547. The Labute approximate surface area is 129 Å². The molecule has 2 amide bonds. The molecule has 8 nitrogen and oxygen atoms in total. The minimum absolute atomic E-state index is 0.291. The number of rotatable bonds is 4. The van der Waals surface area contributed by atoms with Gasteiger partial charge in [0.05, 0.1) is 26.3 Å². The van der Waals surface area contributed by atoms with Gasteiger partial charge in [-0.1, -0.05) is 5.16 Å². The van der Waals surface area contributed by atoms with E-state index in [-0.39, 0.29) is 12.4 Å². The Morgan fingerprint density at radius 2 is 2.26 bits per heavy atom. The summed E-state index contributed by atoms with van der Waals surface area (Å²) in [7, 11) is 1.53. The summed E-state index contributed by atoms with van der Waals surface area (Å²) in [6.45, 7) is 2.83. The molecule has 2 heterocycles. The smallest absolute Gasteiger partial charge is 0.382 e. The SMILES string of the molecule is COC[C@@]1(C)CN(C(=O)NCc2nc(C(F)(F)F)no2)CCO1.